The van der Waals surface area contributed by atoms with E-state index in [1.165, 1.54) is 45.1 Å². The van der Waals surface area contributed by atoms with E-state index < -0.39 is 0 Å². The van der Waals surface area contributed by atoms with Crippen LogP contribution in [0.4, 0.5) is 0 Å². The van der Waals surface area contributed by atoms with E-state index in [-0.39, 0.29) is 0 Å². The maximum Gasteiger partial charge on any atom is 0.0467 e. The summed E-state index contributed by atoms with van der Waals surface area (Å²) in [6, 6.07) is 0. The minimum absolute atomic E-state index is 0.359. The second kappa shape index (κ2) is 11.0. The lowest BCUT2D eigenvalue weighted by Crippen LogP contribution is -2.31. The molecule has 2 heteroatoms. The molecule has 0 aromatic heterocycles. The quantitative estimate of drug-likeness (QED) is 0.523. The molecule has 0 saturated heterocycles. The maximum absolute atomic E-state index is 5.13. The van der Waals surface area contributed by atoms with Crippen molar-refractivity contribution < 1.29 is 4.74 Å². The fraction of sp³-hybridized carbons (Fsp3) is 1.00. The highest BCUT2D eigenvalue weighted by Gasteiger charge is 2.16. The second-order valence-corrected chi connectivity index (χ2v) is 5.85. The van der Waals surface area contributed by atoms with Gasteiger partial charge in [0, 0.05) is 20.3 Å². The summed E-state index contributed by atoms with van der Waals surface area (Å²) in [7, 11) is 1.78. The summed E-state index contributed by atoms with van der Waals surface area (Å²) in [5.74, 6) is 0. The molecular weight excluding hydrogens is 210 g/mol. The third-order valence-corrected chi connectivity index (χ3v) is 3.29. The Bertz CT molecular complexity index is 157. The summed E-state index contributed by atoms with van der Waals surface area (Å²) in [4.78, 5) is 0. The van der Waals surface area contributed by atoms with E-state index >= 15 is 0 Å². The summed E-state index contributed by atoms with van der Waals surface area (Å²) in [5.41, 5.74) is 0.359. The van der Waals surface area contributed by atoms with Crippen LogP contribution in [0.3, 0.4) is 0 Å². The lowest BCUT2D eigenvalue weighted by molar-refractivity contribution is 0.151. The maximum atomic E-state index is 5.13. The number of unbranched alkanes of at least 4 members (excludes halogenated alkanes) is 5. The largest absolute Gasteiger partial charge is 0.385 e. The lowest BCUT2D eigenvalue weighted by Gasteiger charge is -2.24. The highest BCUT2D eigenvalue weighted by molar-refractivity contribution is 4.71. The predicted octanol–water partition coefficient (Wildman–Crippen LogP) is 4.00. The highest BCUT2D eigenvalue weighted by Crippen LogP contribution is 2.18. The van der Waals surface area contributed by atoms with Gasteiger partial charge in [-0.2, -0.15) is 0 Å². The number of methoxy groups -OCH3 is 1. The summed E-state index contributed by atoms with van der Waals surface area (Å²) >= 11 is 0. The monoisotopic (exact) mass is 243 g/mol. The molecule has 0 bridgehead atoms. The molecule has 104 valence electrons. The van der Waals surface area contributed by atoms with Gasteiger partial charge in [0.2, 0.25) is 0 Å². The molecule has 0 rings (SSSR count). The minimum Gasteiger partial charge on any atom is -0.385 e. The van der Waals surface area contributed by atoms with E-state index in [1.54, 1.807) is 7.11 Å². The predicted molar refractivity (Wildman–Crippen MR) is 76.5 cm³/mol. The number of hydrogen-bond acceptors (Lipinski definition) is 2. The van der Waals surface area contributed by atoms with Gasteiger partial charge in [-0.25, -0.2) is 0 Å². The van der Waals surface area contributed by atoms with Crippen molar-refractivity contribution in [3.63, 3.8) is 0 Å². The number of hydrogen-bond donors (Lipinski definition) is 1. The van der Waals surface area contributed by atoms with Gasteiger partial charge in [-0.15, -0.1) is 0 Å². The second-order valence-electron chi connectivity index (χ2n) is 5.85. The Morgan fingerprint density at radius 1 is 1.00 bits per heavy atom. The van der Waals surface area contributed by atoms with E-state index in [2.05, 4.69) is 26.1 Å². The van der Waals surface area contributed by atoms with Crippen LogP contribution in [0.2, 0.25) is 0 Å². The van der Waals surface area contributed by atoms with Crippen molar-refractivity contribution >= 4 is 0 Å². The van der Waals surface area contributed by atoms with Crippen molar-refractivity contribution in [1.29, 1.82) is 0 Å². The first kappa shape index (κ1) is 16.9. The molecule has 0 atom stereocenters. The summed E-state index contributed by atoms with van der Waals surface area (Å²) in [6.07, 6.45) is 9.39. The number of nitrogens with one attached hydrogen (secondary N) is 1. The van der Waals surface area contributed by atoms with Crippen molar-refractivity contribution in [3.8, 4) is 0 Å². The lowest BCUT2D eigenvalue weighted by atomic mass is 9.90. The molecule has 0 unspecified atom stereocenters. The van der Waals surface area contributed by atoms with Crippen LogP contribution in [-0.4, -0.2) is 26.8 Å². The number of rotatable bonds is 12. The molecular formula is C15H33NO. The van der Waals surface area contributed by atoms with Crippen LogP contribution in [0.1, 0.15) is 65.7 Å². The number of ether oxygens (including phenoxy) is 1. The topological polar surface area (TPSA) is 21.3 Å². The average molecular weight is 243 g/mol. The Labute approximate surface area is 109 Å². The van der Waals surface area contributed by atoms with Gasteiger partial charge in [-0.3, -0.25) is 0 Å². The Morgan fingerprint density at radius 3 is 2.29 bits per heavy atom. The zero-order valence-corrected chi connectivity index (χ0v) is 12.5. The molecule has 0 aromatic carbocycles. The van der Waals surface area contributed by atoms with E-state index in [0.717, 1.165) is 19.6 Å². The van der Waals surface area contributed by atoms with Crippen LogP contribution in [0.25, 0.3) is 0 Å². The fourth-order valence-electron chi connectivity index (χ4n) is 1.92. The van der Waals surface area contributed by atoms with Gasteiger partial charge in [-0.05, 0) is 24.8 Å². The molecule has 0 aliphatic carbocycles. The van der Waals surface area contributed by atoms with Crippen LogP contribution in [0.5, 0.6) is 0 Å². The zero-order valence-electron chi connectivity index (χ0n) is 12.5. The van der Waals surface area contributed by atoms with Gasteiger partial charge in [0.25, 0.3) is 0 Å². The smallest absolute Gasteiger partial charge is 0.0467 e. The van der Waals surface area contributed by atoms with Gasteiger partial charge in [0.15, 0.2) is 0 Å². The van der Waals surface area contributed by atoms with Crippen molar-refractivity contribution in [1.82, 2.24) is 5.32 Å². The van der Waals surface area contributed by atoms with Gasteiger partial charge in [0.05, 0.1) is 0 Å². The molecule has 0 saturated carbocycles. The molecule has 0 amide bonds. The Kier molecular flexibility index (Phi) is 11.0. The van der Waals surface area contributed by atoms with Crippen molar-refractivity contribution in [2.75, 3.05) is 26.8 Å². The van der Waals surface area contributed by atoms with E-state index in [1.807, 2.05) is 0 Å². The molecule has 17 heavy (non-hydrogen) atoms. The van der Waals surface area contributed by atoms with Crippen LogP contribution in [-0.2, 0) is 4.74 Å². The first-order chi connectivity index (χ1) is 8.12. The Balaban J connectivity index is 3.26. The molecule has 0 spiro atoms. The van der Waals surface area contributed by atoms with Crippen LogP contribution < -0.4 is 5.32 Å². The van der Waals surface area contributed by atoms with Crippen LogP contribution in [0.15, 0.2) is 0 Å². The molecule has 0 aliphatic heterocycles. The Morgan fingerprint density at radius 2 is 1.65 bits per heavy atom. The van der Waals surface area contributed by atoms with Gasteiger partial charge in [-0.1, -0.05) is 52.9 Å². The summed E-state index contributed by atoms with van der Waals surface area (Å²) < 4.78 is 5.13. The normalized spacial score (nSPS) is 12.0. The fourth-order valence-corrected chi connectivity index (χ4v) is 1.92. The van der Waals surface area contributed by atoms with Gasteiger partial charge in [0.1, 0.15) is 0 Å². The zero-order chi connectivity index (χ0) is 13.0. The highest BCUT2D eigenvalue weighted by atomic mass is 16.5. The third-order valence-electron chi connectivity index (χ3n) is 3.29. The molecule has 0 fully saturated rings. The standard InChI is InChI=1S/C15H33NO/c1-5-6-7-8-9-10-12-16-14-15(2,3)11-13-17-4/h16H,5-14H2,1-4H3. The van der Waals surface area contributed by atoms with Crippen molar-refractivity contribution in [2.45, 2.75) is 65.7 Å². The molecule has 0 heterocycles. The SMILES string of the molecule is CCCCCCCCNCC(C)(C)CCOC. The summed E-state index contributed by atoms with van der Waals surface area (Å²) in [6.45, 7) is 10.0. The van der Waals surface area contributed by atoms with Crippen LogP contribution >= 0.6 is 0 Å². The first-order valence-corrected chi connectivity index (χ1v) is 7.32. The third kappa shape index (κ3) is 12.2. The van der Waals surface area contributed by atoms with E-state index in [0.29, 0.717) is 5.41 Å². The molecule has 0 radical (unpaired) electrons. The van der Waals surface area contributed by atoms with E-state index in [9.17, 15) is 0 Å². The minimum atomic E-state index is 0.359. The Hall–Kier alpha value is -0.0800. The molecule has 0 aromatic rings. The van der Waals surface area contributed by atoms with E-state index in [4.69, 9.17) is 4.74 Å². The first-order valence-electron chi connectivity index (χ1n) is 7.32. The molecule has 2 nitrogen and oxygen atoms in total. The average Bonchev–Trinajstić information content (AvgIpc) is 2.30. The van der Waals surface area contributed by atoms with Crippen molar-refractivity contribution in [3.05, 3.63) is 0 Å². The van der Waals surface area contributed by atoms with Crippen LogP contribution in [0, 0.1) is 5.41 Å². The van der Waals surface area contributed by atoms with Gasteiger partial charge >= 0.3 is 0 Å². The van der Waals surface area contributed by atoms with Gasteiger partial charge < -0.3 is 10.1 Å². The summed E-state index contributed by atoms with van der Waals surface area (Å²) in [5, 5.41) is 3.57. The molecule has 1 N–H and O–H groups in total. The van der Waals surface area contributed by atoms with Crippen molar-refractivity contribution in [2.24, 2.45) is 5.41 Å². The molecule has 0 aliphatic rings.